The summed E-state index contributed by atoms with van der Waals surface area (Å²) in [6, 6.07) is 11.7. The lowest BCUT2D eigenvalue weighted by molar-refractivity contribution is -0.118. The van der Waals surface area contributed by atoms with Crippen LogP contribution in [-0.2, 0) is 11.3 Å². The van der Waals surface area contributed by atoms with Crippen LogP contribution in [0.5, 0.6) is 11.5 Å². The van der Waals surface area contributed by atoms with Crippen LogP contribution < -0.4 is 19.7 Å². The van der Waals surface area contributed by atoms with E-state index < -0.39 is 0 Å². The van der Waals surface area contributed by atoms with Crippen molar-refractivity contribution in [2.75, 3.05) is 49.7 Å². The third kappa shape index (κ3) is 3.78. The summed E-state index contributed by atoms with van der Waals surface area (Å²) in [5.41, 5.74) is 3.60. The molecule has 0 radical (unpaired) electrons. The van der Waals surface area contributed by atoms with Gasteiger partial charge in [-0.15, -0.1) is 0 Å². The second-order valence-electron chi connectivity index (χ2n) is 9.18. The van der Waals surface area contributed by atoms with Gasteiger partial charge >= 0.3 is 0 Å². The maximum absolute atomic E-state index is 13.2. The van der Waals surface area contributed by atoms with E-state index in [9.17, 15) is 9.59 Å². The highest BCUT2D eigenvalue weighted by Crippen LogP contribution is 2.37. The SMILES string of the molecule is O=C1Nc2cc(C(=O)N3CCN(Cc4ccc5c(c4)OCO5)CC3)ccc2N2CCCC[C@H]12. The molecule has 0 saturated carbocycles. The summed E-state index contributed by atoms with van der Waals surface area (Å²) in [7, 11) is 0. The van der Waals surface area contributed by atoms with Crippen molar-refractivity contribution in [3.05, 3.63) is 47.5 Å². The summed E-state index contributed by atoms with van der Waals surface area (Å²) >= 11 is 0. The lowest BCUT2D eigenvalue weighted by Crippen LogP contribution is -2.50. The molecule has 1 N–H and O–H groups in total. The standard InChI is InChI=1S/C25H28N4O4/c30-24-21-3-1-2-8-29(21)20-6-5-18(14-19(20)26-24)25(31)28-11-9-27(10-12-28)15-17-4-7-22-23(13-17)33-16-32-22/h4-7,13-14,21H,1-3,8-12,15-16H2,(H,26,30)/t21-/m1/s1. The molecular formula is C25H28N4O4. The molecule has 2 aromatic carbocycles. The molecule has 6 rings (SSSR count). The highest BCUT2D eigenvalue weighted by Gasteiger charge is 2.35. The van der Waals surface area contributed by atoms with Crippen LogP contribution >= 0.6 is 0 Å². The van der Waals surface area contributed by atoms with E-state index in [2.05, 4.69) is 21.2 Å². The van der Waals surface area contributed by atoms with Crippen molar-refractivity contribution in [2.24, 2.45) is 0 Å². The molecule has 2 amide bonds. The summed E-state index contributed by atoms with van der Waals surface area (Å²) in [4.78, 5) is 32.2. The number of nitrogens with one attached hydrogen (secondary N) is 1. The first-order chi connectivity index (χ1) is 16.2. The quantitative estimate of drug-likeness (QED) is 0.778. The van der Waals surface area contributed by atoms with E-state index in [1.165, 1.54) is 5.56 Å². The smallest absolute Gasteiger partial charge is 0.254 e. The van der Waals surface area contributed by atoms with Crippen LogP contribution in [0.2, 0.25) is 0 Å². The monoisotopic (exact) mass is 448 g/mol. The molecule has 0 bridgehead atoms. The number of carbonyl (C=O) groups is 2. The van der Waals surface area contributed by atoms with Gasteiger partial charge in [-0.2, -0.15) is 0 Å². The van der Waals surface area contributed by atoms with Crippen LogP contribution in [-0.4, -0.2) is 67.2 Å². The first-order valence-electron chi connectivity index (χ1n) is 11.8. The minimum absolute atomic E-state index is 0.0237. The third-order valence-corrected chi connectivity index (χ3v) is 7.12. The Labute approximate surface area is 193 Å². The molecule has 2 fully saturated rings. The molecule has 172 valence electrons. The molecule has 0 aromatic heterocycles. The predicted octanol–water partition coefficient (Wildman–Crippen LogP) is 2.68. The molecule has 0 unspecified atom stereocenters. The Hall–Kier alpha value is -3.26. The van der Waals surface area contributed by atoms with Crippen LogP contribution in [0.25, 0.3) is 0 Å². The van der Waals surface area contributed by atoms with Crippen molar-refractivity contribution in [1.29, 1.82) is 0 Å². The number of hydrogen-bond donors (Lipinski definition) is 1. The van der Waals surface area contributed by atoms with Gasteiger partial charge in [0.15, 0.2) is 11.5 Å². The van der Waals surface area contributed by atoms with Gasteiger partial charge in [0.2, 0.25) is 12.7 Å². The summed E-state index contributed by atoms with van der Waals surface area (Å²) in [5.74, 6) is 1.67. The predicted molar refractivity (Wildman–Crippen MR) is 124 cm³/mol. The number of amides is 2. The van der Waals surface area contributed by atoms with Crippen LogP contribution in [0.3, 0.4) is 0 Å². The number of nitrogens with zero attached hydrogens (tertiary/aromatic N) is 3. The third-order valence-electron chi connectivity index (χ3n) is 7.12. The van der Waals surface area contributed by atoms with Crippen molar-refractivity contribution in [3.63, 3.8) is 0 Å². The van der Waals surface area contributed by atoms with Crippen molar-refractivity contribution < 1.29 is 19.1 Å². The van der Waals surface area contributed by atoms with Crippen molar-refractivity contribution in [1.82, 2.24) is 9.80 Å². The van der Waals surface area contributed by atoms with Gasteiger partial charge in [-0.25, -0.2) is 0 Å². The highest BCUT2D eigenvalue weighted by molar-refractivity contribution is 6.05. The molecule has 0 aliphatic carbocycles. The zero-order valence-electron chi connectivity index (χ0n) is 18.6. The molecule has 33 heavy (non-hydrogen) atoms. The molecule has 1 atom stereocenters. The van der Waals surface area contributed by atoms with Gasteiger partial charge in [0.25, 0.3) is 5.91 Å². The Morgan fingerprint density at radius 2 is 1.82 bits per heavy atom. The van der Waals surface area contributed by atoms with Crippen LogP contribution in [0.15, 0.2) is 36.4 Å². The van der Waals surface area contributed by atoms with E-state index in [4.69, 9.17) is 9.47 Å². The molecule has 0 spiro atoms. The Bertz CT molecular complexity index is 1100. The van der Waals surface area contributed by atoms with Gasteiger partial charge in [-0.05, 0) is 55.2 Å². The molecule has 2 aromatic rings. The van der Waals surface area contributed by atoms with E-state index in [0.717, 1.165) is 68.3 Å². The van der Waals surface area contributed by atoms with Gasteiger partial charge in [0.05, 0.1) is 11.4 Å². The van der Waals surface area contributed by atoms with Crippen molar-refractivity contribution in [3.8, 4) is 11.5 Å². The van der Waals surface area contributed by atoms with Gasteiger partial charge in [-0.1, -0.05) is 6.07 Å². The highest BCUT2D eigenvalue weighted by atomic mass is 16.7. The largest absolute Gasteiger partial charge is 0.454 e. The van der Waals surface area contributed by atoms with Crippen LogP contribution in [0.1, 0.15) is 35.2 Å². The molecule has 8 nitrogen and oxygen atoms in total. The fourth-order valence-corrected chi connectivity index (χ4v) is 5.32. The Morgan fingerprint density at radius 1 is 0.970 bits per heavy atom. The maximum atomic E-state index is 13.2. The van der Waals surface area contributed by atoms with E-state index in [1.807, 2.05) is 35.2 Å². The van der Waals surface area contributed by atoms with Crippen LogP contribution in [0.4, 0.5) is 11.4 Å². The average molecular weight is 449 g/mol. The second kappa shape index (κ2) is 8.26. The fourth-order valence-electron chi connectivity index (χ4n) is 5.32. The zero-order chi connectivity index (χ0) is 22.4. The number of carbonyl (C=O) groups excluding carboxylic acids is 2. The maximum Gasteiger partial charge on any atom is 0.254 e. The Morgan fingerprint density at radius 3 is 2.70 bits per heavy atom. The lowest BCUT2D eigenvalue weighted by atomic mass is 9.96. The minimum Gasteiger partial charge on any atom is -0.454 e. The van der Waals surface area contributed by atoms with Crippen LogP contribution in [0, 0.1) is 0 Å². The minimum atomic E-state index is -0.0781. The molecule has 2 saturated heterocycles. The lowest BCUT2D eigenvalue weighted by Gasteiger charge is -2.41. The Balaban J connectivity index is 1.10. The molecular weight excluding hydrogens is 420 g/mol. The van der Waals surface area contributed by atoms with Gasteiger partial charge in [0.1, 0.15) is 6.04 Å². The number of benzene rings is 2. The summed E-state index contributed by atoms with van der Waals surface area (Å²) in [6.45, 7) is 4.99. The Kier molecular flexibility index (Phi) is 5.10. The first-order valence-corrected chi connectivity index (χ1v) is 11.8. The molecule has 4 heterocycles. The van der Waals surface area contributed by atoms with E-state index >= 15 is 0 Å². The van der Waals surface area contributed by atoms with Crippen molar-refractivity contribution in [2.45, 2.75) is 31.8 Å². The summed E-state index contributed by atoms with van der Waals surface area (Å²) in [6.07, 6.45) is 3.07. The fraction of sp³-hybridized carbons (Fsp3) is 0.440. The van der Waals surface area contributed by atoms with Gasteiger partial charge < -0.3 is 24.6 Å². The number of ether oxygens (including phenoxy) is 2. The zero-order valence-corrected chi connectivity index (χ0v) is 18.6. The normalized spacial score (nSPS) is 21.9. The molecule has 4 aliphatic rings. The molecule has 8 heteroatoms. The number of anilines is 2. The van der Waals surface area contributed by atoms with E-state index in [-0.39, 0.29) is 24.6 Å². The van der Waals surface area contributed by atoms with Gasteiger partial charge in [-0.3, -0.25) is 14.5 Å². The topological polar surface area (TPSA) is 74.4 Å². The van der Waals surface area contributed by atoms with Crippen molar-refractivity contribution >= 4 is 23.2 Å². The molecule has 4 aliphatic heterocycles. The van der Waals surface area contributed by atoms with Gasteiger partial charge in [0, 0.05) is 44.8 Å². The summed E-state index contributed by atoms with van der Waals surface area (Å²) in [5, 5.41) is 3.03. The first kappa shape index (κ1) is 20.4. The average Bonchev–Trinajstić information content (AvgIpc) is 3.32. The summed E-state index contributed by atoms with van der Waals surface area (Å²) < 4.78 is 10.9. The van der Waals surface area contributed by atoms with E-state index in [0.29, 0.717) is 18.7 Å². The number of piperidine rings is 1. The second-order valence-corrected chi connectivity index (χ2v) is 9.18. The number of rotatable bonds is 3. The number of piperazine rings is 1. The van der Waals surface area contributed by atoms with E-state index in [1.54, 1.807) is 0 Å². The number of fused-ring (bicyclic) bond motifs is 4. The number of hydrogen-bond acceptors (Lipinski definition) is 6.